The Bertz CT molecular complexity index is 806. The van der Waals surface area contributed by atoms with Crippen molar-refractivity contribution in [3.8, 4) is 5.69 Å². The molecule has 0 spiro atoms. The van der Waals surface area contributed by atoms with Crippen LogP contribution in [0.15, 0.2) is 42.5 Å². The first-order chi connectivity index (χ1) is 11.1. The van der Waals surface area contributed by atoms with Crippen molar-refractivity contribution in [2.45, 2.75) is 39.2 Å². The first-order valence-corrected chi connectivity index (χ1v) is 8.43. The maximum Gasteiger partial charge on any atom is 0.114 e. The molecule has 4 heteroatoms. The number of nitrogens with zero attached hydrogens (tertiary/aromatic N) is 2. The second-order valence-corrected chi connectivity index (χ2v) is 6.30. The van der Waals surface area contributed by atoms with E-state index >= 15 is 0 Å². The molecule has 1 N–H and O–H groups in total. The summed E-state index contributed by atoms with van der Waals surface area (Å²) in [5.41, 5.74) is 3.94. The highest BCUT2D eigenvalue weighted by molar-refractivity contribution is 6.31. The smallest absolute Gasteiger partial charge is 0.114 e. The minimum atomic E-state index is -0.461. The predicted molar refractivity (Wildman–Crippen MR) is 95.3 cm³/mol. The topological polar surface area (TPSA) is 38.0 Å². The van der Waals surface area contributed by atoms with Gasteiger partial charge < -0.3 is 5.11 Å². The lowest BCUT2D eigenvalue weighted by atomic mass is 10.1. The Labute approximate surface area is 141 Å². The number of benzene rings is 2. The Balaban J connectivity index is 2.14. The van der Waals surface area contributed by atoms with Crippen LogP contribution >= 0.6 is 11.6 Å². The molecule has 1 unspecified atom stereocenters. The third-order valence-corrected chi connectivity index (χ3v) is 4.31. The van der Waals surface area contributed by atoms with E-state index in [9.17, 15) is 5.11 Å². The van der Waals surface area contributed by atoms with Gasteiger partial charge in [0.05, 0.1) is 17.1 Å². The Hall–Kier alpha value is -1.84. The number of halogens is 1. The van der Waals surface area contributed by atoms with Gasteiger partial charge in [0.25, 0.3) is 0 Å². The van der Waals surface area contributed by atoms with Crippen LogP contribution < -0.4 is 0 Å². The second-order valence-electron chi connectivity index (χ2n) is 5.87. The van der Waals surface area contributed by atoms with E-state index in [4.69, 9.17) is 16.6 Å². The number of aromatic nitrogens is 2. The van der Waals surface area contributed by atoms with Crippen molar-refractivity contribution < 1.29 is 5.11 Å². The largest absolute Gasteiger partial charge is 0.389 e. The number of aliphatic hydroxyl groups excluding tert-OH is 1. The number of aliphatic hydroxyl groups is 1. The molecule has 3 rings (SSSR count). The van der Waals surface area contributed by atoms with E-state index < -0.39 is 6.10 Å². The van der Waals surface area contributed by atoms with Gasteiger partial charge in [-0.05, 0) is 49.2 Å². The lowest BCUT2D eigenvalue weighted by Crippen LogP contribution is -2.02. The van der Waals surface area contributed by atoms with Crippen LogP contribution in [0, 0.1) is 0 Å². The fraction of sp³-hybridized carbons (Fsp3) is 0.316. The molecule has 0 saturated carbocycles. The van der Waals surface area contributed by atoms with Gasteiger partial charge in [0.15, 0.2) is 0 Å². The summed E-state index contributed by atoms with van der Waals surface area (Å²) < 4.78 is 2.17. The quantitative estimate of drug-likeness (QED) is 0.709. The van der Waals surface area contributed by atoms with Crippen LogP contribution in [0.25, 0.3) is 16.7 Å². The first kappa shape index (κ1) is 16.0. The van der Waals surface area contributed by atoms with Crippen LogP contribution in [0.2, 0.25) is 5.02 Å². The summed E-state index contributed by atoms with van der Waals surface area (Å²) >= 11 is 6.18. The van der Waals surface area contributed by atoms with Gasteiger partial charge in [0.1, 0.15) is 5.82 Å². The van der Waals surface area contributed by atoms with Crippen molar-refractivity contribution in [2.24, 2.45) is 0 Å². The monoisotopic (exact) mass is 328 g/mol. The van der Waals surface area contributed by atoms with Gasteiger partial charge in [-0.3, -0.25) is 4.57 Å². The maximum atomic E-state index is 9.69. The van der Waals surface area contributed by atoms with Gasteiger partial charge in [-0.25, -0.2) is 4.98 Å². The van der Waals surface area contributed by atoms with Gasteiger partial charge in [-0.2, -0.15) is 0 Å². The van der Waals surface area contributed by atoms with E-state index in [1.807, 2.05) is 42.5 Å². The lowest BCUT2D eigenvalue weighted by molar-refractivity contribution is 0.199. The van der Waals surface area contributed by atoms with Crippen molar-refractivity contribution in [3.05, 3.63) is 58.9 Å². The van der Waals surface area contributed by atoms with E-state index in [1.165, 1.54) is 0 Å². The van der Waals surface area contributed by atoms with Crippen molar-refractivity contribution in [3.63, 3.8) is 0 Å². The standard InChI is InChI=1S/C19H21ClN2O/c1-3-4-5-19-21-17-11-8-15(20)12-18(17)22(19)16-9-6-14(7-10-16)13(2)23/h6-13,23H,3-5H2,1-2H3. The average Bonchev–Trinajstić information content (AvgIpc) is 2.90. The van der Waals surface area contributed by atoms with Crippen LogP contribution in [-0.4, -0.2) is 14.7 Å². The van der Waals surface area contributed by atoms with Crippen LogP contribution in [0.1, 0.15) is 44.2 Å². The summed E-state index contributed by atoms with van der Waals surface area (Å²) in [7, 11) is 0. The zero-order valence-corrected chi connectivity index (χ0v) is 14.2. The van der Waals surface area contributed by atoms with Gasteiger partial charge in [0, 0.05) is 17.1 Å². The Morgan fingerprint density at radius 1 is 1.17 bits per heavy atom. The van der Waals surface area contributed by atoms with Crippen LogP contribution in [-0.2, 0) is 6.42 Å². The summed E-state index contributed by atoms with van der Waals surface area (Å²) in [4.78, 5) is 4.78. The van der Waals surface area contributed by atoms with Crippen molar-refractivity contribution in [1.29, 1.82) is 0 Å². The fourth-order valence-electron chi connectivity index (χ4n) is 2.79. The molecule has 3 nitrogen and oxygen atoms in total. The predicted octanol–water partition coefficient (Wildman–Crippen LogP) is 5.07. The Kier molecular flexibility index (Phi) is 4.69. The normalized spacial score (nSPS) is 12.7. The fourth-order valence-corrected chi connectivity index (χ4v) is 2.96. The molecule has 1 aromatic heterocycles. The van der Waals surface area contributed by atoms with Crippen LogP contribution in [0.5, 0.6) is 0 Å². The Morgan fingerprint density at radius 2 is 1.91 bits per heavy atom. The second kappa shape index (κ2) is 6.73. The molecule has 23 heavy (non-hydrogen) atoms. The molecule has 0 aliphatic heterocycles. The third-order valence-electron chi connectivity index (χ3n) is 4.07. The van der Waals surface area contributed by atoms with E-state index in [2.05, 4.69) is 11.5 Å². The summed E-state index contributed by atoms with van der Waals surface area (Å²) in [6.07, 6.45) is 2.70. The molecule has 0 fully saturated rings. The molecule has 0 radical (unpaired) electrons. The highest BCUT2D eigenvalue weighted by atomic mass is 35.5. The first-order valence-electron chi connectivity index (χ1n) is 8.05. The number of aryl methyl sites for hydroxylation is 1. The molecule has 3 aromatic rings. The minimum Gasteiger partial charge on any atom is -0.389 e. The van der Waals surface area contributed by atoms with Crippen molar-refractivity contribution in [1.82, 2.24) is 9.55 Å². The molecule has 0 amide bonds. The van der Waals surface area contributed by atoms with E-state index in [-0.39, 0.29) is 0 Å². The van der Waals surface area contributed by atoms with Crippen molar-refractivity contribution in [2.75, 3.05) is 0 Å². The molecule has 120 valence electrons. The zero-order chi connectivity index (χ0) is 16.4. The molecule has 1 heterocycles. The van der Waals surface area contributed by atoms with E-state index in [0.29, 0.717) is 5.02 Å². The molecule has 0 aliphatic rings. The molecule has 1 atom stereocenters. The minimum absolute atomic E-state index is 0.461. The van der Waals surface area contributed by atoms with Gasteiger partial charge >= 0.3 is 0 Å². The van der Waals surface area contributed by atoms with Crippen LogP contribution in [0.3, 0.4) is 0 Å². The zero-order valence-electron chi connectivity index (χ0n) is 13.5. The molecule has 2 aromatic carbocycles. The summed E-state index contributed by atoms with van der Waals surface area (Å²) in [5, 5.41) is 10.4. The van der Waals surface area contributed by atoms with Gasteiger partial charge in [-0.15, -0.1) is 0 Å². The number of imidazole rings is 1. The summed E-state index contributed by atoms with van der Waals surface area (Å²) in [6.45, 7) is 3.95. The average molecular weight is 329 g/mol. The molecule has 0 saturated heterocycles. The van der Waals surface area contributed by atoms with Gasteiger partial charge in [0.2, 0.25) is 0 Å². The van der Waals surface area contributed by atoms with Crippen molar-refractivity contribution >= 4 is 22.6 Å². The highest BCUT2D eigenvalue weighted by Crippen LogP contribution is 2.26. The SMILES string of the molecule is CCCCc1nc2ccc(Cl)cc2n1-c1ccc(C(C)O)cc1. The van der Waals surface area contributed by atoms with Crippen LogP contribution in [0.4, 0.5) is 0 Å². The number of rotatable bonds is 5. The van der Waals surface area contributed by atoms with E-state index in [1.54, 1.807) is 6.92 Å². The molecule has 0 aliphatic carbocycles. The lowest BCUT2D eigenvalue weighted by Gasteiger charge is -2.11. The highest BCUT2D eigenvalue weighted by Gasteiger charge is 2.13. The molecular weight excluding hydrogens is 308 g/mol. The van der Waals surface area contributed by atoms with Gasteiger partial charge in [-0.1, -0.05) is 37.1 Å². The summed E-state index contributed by atoms with van der Waals surface area (Å²) in [5.74, 6) is 1.05. The molecular formula is C19H21ClN2O. The van der Waals surface area contributed by atoms with E-state index in [0.717, 1.165) is 47.4 Å². The third kappa shape index (κ3) is 3.26. The summed E-state index contributed by atoms with van der Waals surface area (Å²) in [6, 6.07) is 13.8. The number of hydrogen-bond donors (Lipinski definition) is 1. The number of hydrogen-bond acceptors (Lipinski definition) is 2. The maximum absolute atomic E-state index is 9.69. The Morgan fingerprint density at radius 3 is 2.57 bits per heavy atom. The molecule has 0 bridgehead atoms. The number of unbranched alkanes of at least 4 members (excludes halogenated alkanes) is 1. The number of fused-ring (bicyclic) bond motifs is 1.